The van der Waals surface area contributed by atoms with Gasteiger partial charge in [0, 0.05) is 18.5 Å². The van der Waals surface area contributed by atoms with E-state index < -0.39 is 6.10 Å². The minimum Gasteiger partial charge on any atom is -0.491 e. The van der Waals surface area contributed by atoms with Crippen LogP contribution in [0.4, 0.5) is 4.39 Å². The summed E-state index contributed by atoms with van der Waals surface area (Å²) in [6, 6.07) is 11.7. The monoisotopic (exact) mass is 315 g/mol. The van der Waals surface area contributed by atoms with Crippen LogP contribution in [0.25, 0.3) is 10.9 Å². The van der Waals surface area contributed by atoms with E-state index in [4.69, 9.17) is 4.74 Å². The molecule has 0 saturated heterocycles. The lowest BCUT2D eigenvalue weighted by Gasteiger charge is -2.13. The van der Waals surface area contributed by atoms with Gasteiger partial charge in [-0.25, -0.2) is 4.39 Å². The van der Waals surface area contributed by atoms with Gasteiger partial charge in [0.15, 0.2) is 0 Å². The molecule has 0 aliphatic carbocycles. The first-order valence-corrected chi connectivity index (χ1v) is 7.40. The fourth-order valence-electron chi connectivity index (χ4n) is 2.33. The molecule has 120 valence electrons. The molecule has 0 fully saturated rings. The van der Waals surface area contributed by atoms with E-state index in [0.29, 0.717) is 18.8 Å². The summed E-state index contributed by atoms with van der Waals surface area (Å²) >= 11 is 0. The average molecular weight is 315 g/mol. The predicted molar refractivity (Wildman–Crippen MR) is 85.7 cm³/mol. The average Bonchev–Trinajstić information content (AvgIpc) is 3.04. The van der Waals surface area contributed by atoms with Crippen molar-refractivity contribution in [1.29, 1.82) is 0 Å². The van der Waals surface area contributed by atoms with Crippen molar-refractivity contribution in [3.05, 3.63) is 60.0 Å². The Balaban J connectivity index is 1.45. The van der Waals surface area contributed by atoms with Crippen LogP contribution in [-0.2, 0) is 6.54 Å². The molecule has 0 amide bonds. The molecule has 0 radical (unpaired) electrons. The van der Waals surface area contributed by atoms with Crippen molar-refractivity contribution in [3.8, 4) is 5.75 Å². The van der Waals surface area contributed by atoms with Crippen LogP contribution in [0.1, 0.15) is 5.56 Å². The Morgan fingerprint density at radius 1 is 1.22 bits per heavy atom. The fourth-order valence-corrected chi connectivity index (χ4v) is 2.33. The van der Waals surface area contributed by atoms with Crippen LogP contribution in [0.3, 0.4) is 0 Å². The van der Waals surface area contributed by atoms with Crippen LogP contribution in [0.5, 0.6) is 5.75 Å². The van der Waals surface area contributed by atoms with Gasteiger partial charge in [-0.1, -0.05) is 18.2 Å². The number of hydrogen-bond donors (Lipinski definition) is 3. The highest BCUT2D eigenvalue weighted by Crippen LogP contribution is 2.15. The third-order valence-corrected chi connectivity index (χ3v) is 3.51. The lowest BCUT2D eigenvalue weighted by atomic mass is 10.1. The van der Waals surface area contributed by atoms with Crippen molar-refractivity contribution in [2.45, 2.75) is 12.6 Å². The van der Waals surface area contributed by atoms with E-state index in [1.807, 2.05) is 18.2 Å². The number of aliphatic hydroxyl groups excluding tert-OH is 1. The van der Waals surface area contributed by atoms with E-state index in [2.05, 4.69) is 15.5 Å². The minimum atomic E-state index is -0.652. The molecular formula is C17H18FN3O2. The van der Waals surface area contributed by atoms with E-state index >= 15 is 0 Å². The van der Waals surface area contributed by atoms with Crippen LogP contribution in [0, 0.1) is 5.82 Å². The molecule has 0 aliphatic rings. The van der Waals surface area contributed by atoms with Gasteiger partial charge >= 0.3 is 0 Å². The number of rotatable bonds is 7. The number of aliphatic hydroxyl groups is 1. The first-order chi connectivity index (χ1) is 11.2. The van der Waals surface area contributed by atoms with Crippen molar-refractivity contribution < 1.29 is 14.2 Å². The lowest BCUT2D eigenvalue weighted by Crippen LogP contribution is -2.31. The van der Waals surface area contributed by atoms with E-state index in [1.165, 1.54) is 24.3 Å². The maximum absolute atomic E-state index is 12.8. The normalized spacial score (nSPS) is 12.4. The number of nitrogens with one attached hydrogen (secondary N) is 2. The lowest BCUT2D eigenvalue weighted by molar-refractivity contribution is 0.106. The molecule has 0 saturated carbocycles. The number of hydrogen-bond acceptors (Lipinski definition) is 4. The molecule has 5 nitrogen and oxygen atoms in total. The maximum Gasteiger partial charge on any atom is 0.123 e. The number of benzene rings is 2. The van der Waals surface area contributed by atoms with Gasteiger partial charge in [-0.2, -0.15) is 5.10 Å². The van der Waals surface area contributed by atoms with Gasteiger partial charge in [0.05, 0.1) is 11.7 Å². The SMILES string of the molecule is OC(CNCc1cccc2cn[nH]c12)COc1ccc(F)cc1. The number of H-pyrrole nitrogens is 1. The highest BCUT2D eigenvalue weighted by molar-refractivity contribution is 5.81. The third kappa shape index (κ3) is 4.06. The number of fused-ring (bicyclic) bond motifs is 1. The highest BCUT2D eigenvalue weighted by Gasteiger charge is 2.07. The molecule has 23 heavy (non-hydrogen) atoms. The molecular weight excluding hydrogens is 297 g/mol. The van der Waals surface area contributed by atoms with Gasteiger partial charge in [0.25, 0.3) is 0 Å². The standard InChI is InChI=1S/C17H18FN3O2/c18-14-4-6-16(7-5-14)23-11-15(22)10-19-8-12-2-1-3-13-9-20-21-17(12)13/h1-7,9,15,19,22H,8,10-11H2,(H,20,21). The molecule has 6 heteroatoms. The number of ether oxygens (including phenoxy) is 1. The molecule has 1 atom stereocenters. The summed E-state index contributed by atoms with van der Waals surface area (Å²) in [5, 5.41) is 21.2. The van der Waals surface area contributed by atoms with Crippen LogP contribution < -0.4 is 10.1 Å². The van der Waals surface area contributed by atoms with Crippen LogP contribution in [0.2, 0.25) is 0 Å². The predicted octanol–water partition coefficient (Wildman–Crippen LogP) is 2.23. The Bertz CT molecular complexity index is 758. The van der Waals surface area contributed by atoms with Crippen LogP contribution >= 0.6 is 0 Å². The van der Waals surface area contributed by atoms with Crippen molar-refractivity contribution >= 4 is 10.9 Å². The summed E-state index contributed by atoms with van der Waals surface area (Å²) in [4.78, 5) is 0. The summed E-state index contributed by atoms with van der Waals surface area (Å²) < 4.78 is 18.2. The summed E-state index contributed by atoms with van der Waals surface area (Å²) in [5.41, 5.74) is 2.09. The first-order valence-electron chi connectivity index (χ1n) is 7.40. The van der Waals surface area contributed by atoms with Gasteiger partial charge in [0.1, 0.15) is 24.3 Å². The summed E-state index contributed by atoms with van der Waals surface area (Å²) in [6.45, 7) is 1.16. The number of nitrogens with zero attached hydrogens (tertiary/aromatic N) is 1. The zero-order valence-corrected chi connectivity index (χ0v) is 12.5. The molecule has 0 bridgehead atoms. The second kappa shape index (κ2) is 7.21. The van der Waals surface area contributed by atoms with Crippen molar-refractivity contribution in [2.75, 3.05) is 13.2 Å². The Hall–Kier alpha value is -2.44. The van der Waals surface area contributed by atoms with Gasteiger partial charge in [-0.3, -0.25) is 5.10 Å². The first kappa shape index (κ1) is 15.5. The van der Waals surface area contributed by atoms with E-state index in [9.17, 15) is 9.50 Å². The second-order valence-corrected chi connectivity index (χ2v) is 5.30. The van der Waals surface area contributed by atoms with Gasteiger partial charge < -0.3 is 15.2 Å². The Morgan fingerprint density at radius 2 is 2.04 bits per heavy atom. The number of para-hydroxylation sites is 1. The Kier molecular flexibility index (Phi) is 4.85. The Labute approximate surface area is 133 Å². The van der Waals surface area contributed by atoms with Crippen molar-refractivity contribution in [3.63, 3.8) is 0 Å². The van der Waals surface area contributed by atoms with Crippen molar-refractivity contribution in [1.82, 2.24) is 15.5 Å². The van der Waals surface area contributed by atoms with Gasteiger partial charge in [0.2, 0.25) is 0 Å². The van der Waals surface area contributed by atoms with Crippen LogP contribution in [0.15, 0.2) is 48.7 Å². The largest absolute Gasteiger partial charge is 0.491 e. The maximum atomic E-state index is 12.8. The number of aromatic nitrogens is 2. The molecule has 0 spiro atoms. The summed E-state index contributed by atoms with van der Waals surface area (Å²) in [5.74, 6) is 0.222. The van der Waals surface area contributed by atoms with Crippen molar-refractivity contribution in [2.24, 2.45) is 0 Å². The number of halogens is 1. The van der Waals surface area contributed by atoms with E-state index in [1.54, 1.807) is 6.20 Å². The molecule has 1 aromatic heterocycles. The molecule has 3 rings (SSSR count). The molecule has 1 heterocycles. The van der Waals surface area contributed by atoms with Gasteiger partial charge in [-0.15, -0.1) is 0 Å². The summed E-state index contributed by atoms with van der Waals surface area (Å²) in [7, 11) is 0. The molecule has 1 unspecified atom stereocenters. The molecule has 0 aliphatic heterocycles. The minimum absolute atomic E-state index is 0.146. The number of aromatic amines is 1. The summed E-state index contributed by atoms with van der Waals surface area (Å²) in [6.07, 6.45) is 1.13. The Morgan fingerprint density at radius 3 is 2.87 bits per heavy atom. The highest BCUT2D eigenvalue weighted by atomic mass is 19.1. The topological polar surface area (TPSA) is 70.2 Å². The van der Waals surface area contributed by atoms with E-state index in [0.717, 1.165) is 16.5 Å². The molecule has 3 N–H and O–H groups in total. The van der Waals surface area contributed by atoms with E-state index in [-0.39, 0.29) is 12.4 Å². The van der Waals surface area contributed by atoms with Gasteiger partial charge in [-0.05, 0) is 29.8 Å². The fraction of sp³-hybridized carbons (Fsp3) is 0.235. The zero-order chi connectivity index (χ0) is 16.1. The van der Waals surface area contributed by atoms with Crippen LogP contribution in [-0.4, -0.2) is 34.6 Å². The molecule has 2 aromatic carbocycles. The molecule has 3 aromatic rings. The zero-order valence-electron chi connectivity index (χ0n) is 12.5. The second-order valence-electron chi connectivity index (χ2n) is 5.30. The smallest absolute Gasteiger partial charge is 0.123 e. The third-order valence-electron chi connectivity index (χ3n) is 3.51. The quantitative estimate of drug-likeness (QED) is 0.625.